The predicted octanol–water partition coefficient (Wildman–Crippen LogP) is 2.91. The molecule has 0 spiro atoms. The van der Waals surface area contributed by atoms with Crippen molar-refractivity contribution in [1.82, 2.24) is 5.01 Å². The van der Waals surface area contributed by atoms with Gasteiger partial charge in [-0.15, -0.1) is 0 Å². The molecule has 27 heavy (non-hydrogen) atoms. The number of aliphatic carboxylic acids is 1. The van der Waals surface area contributed by atoms with Crippen LogP contribution in [0.3, 0.4) is 0 Å². The Kier molecular flexibility index (Phi) is 5.07. The van der Waals surface area contributed by atoms with Crippen LogP contribution < -0.4 is 0 Å². The standard InChI is InChI=1S/C19H15N3O5/c23-18(9-10-19(24)25)21-17(13-5-2-1-3-6-13)12-16(20-21)14-7-4-8-15(11-14)22(26)27/h1-11,17H,12H2,(H,24,25)/b10-9-/t17-/m0/s1. The number of amides is 1. The summed E-state index contributed by atoms with van der Waals surface area (Å²) in [4.78, 5) is 33.7. The molecule has 1 heterocycles. The molecule has 8 nitrogen and oxygen atoms in total. The van der Waals surface area contributed by atoms with Gasteiger partial charge in [0.2, 0.25) is 0 Å². The number of non-ortho nitro benzene ring substituents is 1. The minimum absolute atomic E-state index is 0.0676. The van der Waals surface area contributed by atoms with Crippen LogP contribution in [0.2, 0.25) is 0 Å². The van der Waals surface area contributed by atoms with Crippen molar-refractivity contribution in [3.05, 3.63) is 88.0 Å². The number of nitro benzene ring substituents is 1. The molecular formula is C19H15N3O5. The van der Waals surface area contributed by atoms with Crippen LogP contribution in [0.4, 0.5) is 5.69 Å². The average Bonchev–Trinajstić information content (AvgIpc) is 3.12. The number of benzene rings is 2. The third-order valence-corrected chi connectivity index (χ3v) is 4.08. The number of rotatable bonds is 5. The van der Waals surface area contributed by atoms with E-state index in [1.807, 2.05) is 30.3 Å². The first-order valence-electron chi connectivity index (χ1n) is 8.07. The van der Waals surface area contributed by atoms with Crippen molar-refractivity contribution in [3.8, 4) is 0 Å². The highest BCUT2D eigenvalue weighted by molar-refractivity contribution is 6.04. The van der Waals surface area contributed by atoms with Crippen molar-refractivity contribution < 1.29 is 19.6 Å². The topological polar surface area (TPSA) is 113 Å². The highest BCUT2D eigenvalue weighted by atomic mass is 16.6. The van der Waals surface area contributed by atoms with Gasteiger partial charge in [0.15, 0.2) is 0 Å². The van der Waals surface area contributed by atoms with E-state index >= 15 is 0 Å². The maximum Gasteiger partial charge on any atom is 0.328 e. The molecule has 3 rings (SSSR count). The molecule has 0 bridgehead atoms. The molecule has 0 saturated heterocycles. The molecule has 1 N–H and O–H groups in total. The van der Waals surface area contributed by atoms with Crippen LogP contribution in [0.1, 0.15) is 23.6 Å². The second-order valence-electron chi connectivity index (χ2n) is 5.84. The maximum atomic E-state index is 12.4. The number of carboxylic acids is 1. The van der Waals surface area contributed by atoms with E-state index in [1.165, 1.54) is 17.1 Å². The first kappa shape index (κ1) is 18.0. The summed E-state index contributed by atoms with van der Waals surface area (Å²) in [6.07, 6.45) is 2.06. The lowest BCUT2D eigenvalue weighted by Crippen LogP contribution is -2.25. The fraction of sp³-hybridized carbons (Fsp3) is 0.105. The number of carbonyl (C=O) groups excluding carboxylic acids is 1. The van der Waals surface area contributed by atoms with E-state index in [4.69, 9.17) is 5.11 Å². The normalized spacial score (nSPS) is 16.4. The number of carbonyl (C=O) groups is 2. The lowest BCUT2D eigenvalue weighted by Gasteiger charge is -2.20. The molecule has 0 aliphatic carbocycles. The number of nitrogens with zero attached hydrogens (tertiary/aromatic N) is 3. The summed E-state index contributed by atoms with van der Waals surface area (Å²) in [5.74, 6) is -1.81. The number of carboxylic acid groups (broad SMARTS) is 1. The lowest BCUT2D eigenvalue weighted by atomic mass is 9.98. The summed E-state index contributed by atoms with van der Waals surface area (Å²) in [6.45, 7) is 0. The summed E-state index contributed by atoms with van der Waals surface area (Å²) >= 11 is 0. The SMILES string of the molecule is O=C(O)/C=C\C(=O)N1N=C(c2cccc([N+](=O)[O-])c2)C[C@H]1c1ccccc1. The molecule has 2 aromatic carbocycles. The molecule has 0 fully saturated rings. The van der Waals surface area contributed by atoms with E-state index in [9.17, 15) is 19.7 Å². The Morgan fingerprint density at radius 1 is 1.15 bits per heavy atom. The van der Waals surface area contributed by atoms with Gasteiger partial charge in [-0.1, -0.05) is 42.5 Å². The number of hydrazone groups is 1. The Morgan fingerprint density at radius 3 is 2.56 bits per heavy atom. The van der Waals surface area contributed by atoms with E-state index < -0.39 is 22.8 Å². The zero-order chi connectivity index (χ0) is 19.4. The van der Waals surface area contributed by atoms with Crippen molar-refractivity contribution in [1.29, 1.82) is 0 Å². The minimum Gasteiger partial charge on any atom is -0.478 e. The minimum atomic E-state index is -1.23. The molecule has 2 aromatic rings. The van der Waals surface area contributed by atoms with Gasteiger partial charge in [-0.2, -0.15) is 5.10 Å². The second-order valence-corrected chi connectivity index (χ2v) is 5.84. The summed E-state index contributed by atoms with van der Waals surface area (Å²) in [5.41, 5.74) is 1.83. The first-order chi connectivity index (χ1) is 13.0. The van der Waals surface area contributed by atoms with E-state index in [1.54, 1.807) is 12.1 Å². The molecule has 0 aromatic heterocycles. The molecule has 1 aliphatic rings. The predicted molar refractivity (Wildman–Crippen MR) is 97.1 cm³/mol. The van der Waals surface area contributed by atoms with Gasteiger partial charge in [0, 0.05) is 36.3 Å². The quantitative estimate of drug-likeness (QED) is 0.497. The van der Waals surface area contributed by atoms with Crippen LogP contribution in [-0.2, 0) is 9.59 Å². The molecular weight excluding hydrogens is 350 g/mol. The van der Waals surface area contributed by atoms with Gasteiger partial charge < -0.3 is 5.11 Å². The lowest BCUT2D eigenvalue weighted by molar-refractivity contribution is -0.384. The van der Waals surface area contributed by atoms with Crippen molar-refractivity contribution in [3.63, 3.8) is 0 Å². The second kappa shape index (κ2) is 7.61. The molecule has 136 valence electrons. The van der Waals surface area contributed by atoms with Crippen LogP contribution in [0, 0.1) is 10.1 Å². The third-order valence-electron chi connectivity index (χ3n) is 4.08. The van der Waals surface area contributed by atoms with Crippen LogP contribution in [0.5, 0.6) is 0 Å². The van der Waals surface area contributed by atoms with Gasteiger partial charge in [0.25, 0.3) is 11.6 Å². The number of hydrogen-bond acceptors (Lipinski definition) is 5. The van der Waals surface area contributed by atoms with Crippen molar-refractivity contribution in [2.24, 2.45) is 5.10 Å². The van der Waals surface area contributed by atoms with Crippen molar-refractivity contribution in [2.45, 2.75) is 12.5 Å². The van der Waals surface area contributed by atoms with Crippen molar-refractivity contribution in [2.75, 3.05) is 0 Å². The molecule has 1 aliphatic heterocycles. The zero-order valence-corrected chi connectivity index (χ0v) is 14.1. The molecule has 0 radical (unpaired) electrons. The fourth-order valence-corrected chi connectivity index (χ4v) is 2.84. The Bertz CT molecular complexity index is 953. The Labute approximate surface area is 154 Å². The largest absolute Gasteiger partial charge is 0.478 e. The Hall–Kier alpha value is -3.81. The number of nitro groups is 1. The molecule has 8 heteroatoms. The van der Waals surface area contributed by atoms with Crippen LogP contribution in [0.25, 0.3) is 0 Å². The highest BCUT2D eigenvalue weighted by Crippen LogP contribution is 2.33. The first-order valence-corrected chi connectivity index (χ1v) is 8.07. The molecule has 1 amide bonds. The van der Waals surface area contributed by atoms with E-state index in [2.05, 4.69) is 5.10 Å². The maximum absolute atomic E-state index is 12.4. The van der Waals surface area contributed by atoms with Crippen LogP contribution >= 0.6 is 0 Å². The molecule has 0 unspecified atom stereocenters. The summed E-state index contributed by atoms with van der Waals surface area (Å²) in [6, 6.07) is 14.8. The summed E-state index contributed by atoms with van der Waals surface area (Å²) < 4.78 is 0. The Morgan fingerprint density at radius 2 is 1.89 bits per heavy atom. The Balaban J connectivity index is 1.97. The van der Waals surface area contributed by atoms with Gasteiger partial charge in [-0.05, 0) is 5.56 Å². The van der Waals surface area contributed by atoms with E-state index in [-0.39, 0.29) is 5.69 Å². The van der Waals surface area contributed by atoms with Gasteiger partial charge in [-0.25, -0.2) is 9.80 Å². The smallest absolute Gasteiger partial charge is 0.328 e. The van der Waals surface area contributed by atoms with Gasteiger partial charge >= 0.3 is 5.97 Å². The average molecular weight is 365 g/mol. The summed E-state index contributed by atoms with van der Waals surface area (Å²) in [5, 5.41) is 25.3. The monoisotopic (exact) mass is 365 g/mol. The van der Waals surface area contributed by atoms with Gasteiger partial charge in [0.05, 0.1) is 16.7 Å². The van der Waals surface area contributed by atoms with E-state index in [0.717, 1.165) is 17.7 Å². The zero-order valence-electron chi connectivity index (χ0n) is 14.1. The van der Waals surface area contributed by atoms with Gasteiger partial charge in [-0.3, -0.25) is 14.9 Å². The number of hydrogen-bond donors (Lipinski definition) is 1. The highest BCUT2D eigenvalue weighted by Gasteiger charge is 2.32. The fourth-order valence-electron chi connectivity index (χ4n) is 2.84. The van der Waals surface area contributed by atoms with Crippen LogP contribution in [0.15, 0.2) is 71.9 Å². The van der Waals surface area contributed by atoms with E-state index in [0.29, 0.717) is 17.7 Å². The summed E-state index contributed by atoms with van der Waals surface area (Å²) in [7, 11) is 0. The van der Waals surface area contributed by atoms with Gasteiger partial charge in [0.1, 0.15) is 0 Å². The van der Waals surface area contributed by atoms with Crippen molar-refractivity contribution >= 4 is 23.3 Å². The third kappa shape index (κ3) is 4.06. The van der Waals surface area contributed by atoms with Crippen LogP contribution in [-0.4, -0.2) is 32.6 Å². The molecule has 1 atom stereocenters. The molecule has 0 saturated carbocycles.